The molecule has 1 aromatic carbocycles. The maximum atomic E-state index is 13.8. The van der Waals surface area contributed by atoms with E-state index in [2.05, 4.69) is 0 Å². The minimum atomic E-state index is -0.583. The van der Waals surface area contributed by atoms with E-state index in [9.17, 15) is 4.39 Å². The van der Waals surface area contributed by atoms with Gasteiger partial charge in [0.2, 0.25) is 0 Å². The average molecular weight is 249 g/mol. The molecule has 0 amide bonds. The molecule has 1 rings (SSSR count). The van der Waals surface area contributed by atoms with E-state index in [-0.39, 0.29) is 22.9 Å². The highest BCUT2D eigenvalue weighted by molar-refractivity contribution is 6.31. The minimum Gasteiger partial charge on any atom is -0.493 e. The monoisotopic (exact) mass is 248 g/mol. The van der Waals surface area contributed by atoms with Crippen LogP contribution in [-0.2, 0) is 0 Å². The van der Waals surface area contributed by atoms with Gasteiger partial charge in [-0.2, -0.15) is 0 Å². The Morgan fingerprint density at radius 1 is 1.44 bits per heavy atom. The van der Waals surface area contributed by atoms with Crippen LogP contribution in [0.2, 0.25) is 5.02 Å². The summed E-state index contributed by atoms with van der Waals surface area (Å²) in [4.78, 5) is 0. The molecule has 0 radical (unpaired) electrons. The number of methoxy groups -OCH3 is 2. The van der Waals surface area contributed by atoms with E-state index in [4.69, 9.17) is 26.2 Å². The largest absolute Gasteiger partial charge is 0.493 e. The van der Waals surface area contributed by atoms with Crippen LogP contribution in [0.5, 0.6) is 11.5 Å². The Kier molecular flexibility index (Phi) is 4.38. The Morgan fingerprint density at radius 2 is 2.06 bits per heavy atom. The van der Waals surface area contributed by atoms with Gasteiger partial charge in [0.15, 0.2) is 11.5 Å². The molecule has 0 aliphatic carbocycles. The highest BCUT2D eigenvalue weighted by Crippen LogP contribution is 2.40. The molecule has 16 heavy (non-hydrogen) atoms. The quantitative estimate of drug-likeness (QED) is 0.890. The first-order valence-electron chi connectivity index (χ1n) is 4.77. The lowest BCUT2D eigenvalue weighted by atomic mass is 9.99. The number of aliphatic hydroxyl groups excluding tert-OH is 1. The van der Waals surface area contributed by atoms with Gasteiger partial charge < -0.3 is 14.6 Å². The van der Waals surface area contributed by atoms with Crippen molar-refractivity contribution >= 4 is 11.6 Å². The predicted molar refractivity (Wildman–Crippen MR) is 60.0 cm³/mol. The van der Waals surface area contributed by atoms with Gasteiger partial charge >= 0.3 is 0 Å². The van der Waals surface area contributed by atoms with Gasteiger partial charge in [0, 0.05) is 24.2 Å². The van der Waals surface area contributed by atoms with Crippen LogP contribution in [0.4, 0.5) is 4.39 Å². The zero-order chi connectivity index (χ0) is 12.3. The molecule has 0 aromatic heterocycles. The van der Waals surface area contributed by atoms with Crippen LogP contribution in [0.1, 0.15) is 18.4 Å². The number of hydrogen-bond acceptors (Lipinski definition) is 3. The number of rotatable bonds is 4. The van der Waals surface area contributed by atoms with E-state index in [1.807, 2.05) is 0 Å². The Labute approximate surface area is 98.7 Å². The maximum Gasteiger partial charge on any atom is 0.167 e. The van der Waals surface area contributed by atoms with E-state index in [0.717, 1.165) is 0 Å². The Morgan fingerprint density at radius 3 is 2.50 bits per heavy atom. The lowest BCUT2D eigenvalue weighted by molar-refractivity contribution is 0.264. The van der Waals surface area contributed by atoms with Crippen molar-refractivity contribution in [3.63, 3.8) is 0 Å². The fourth-order valence-electron chi connectivity index (χ4n) is 1.50. The average Bonchev–Trinajstić information content (AvgIpc) is 2.30. The number of hydrogen-bond donors (Lipinski definition) is 1. The number of aliphatic hydroxyl groups is 1. The zero-order valence-electron chi connectivity index (χ0n) is 9.38. The van der Waals surface area contributed by atoms with Gasteiger partial charge in [0.05, 0.1) is 19.2 Å². The molecule has 1 N–H and O–H groups in total. The summed E-state index contributed by atoms with van der Waals surface area (Å²) in [5.74, 6) is -0.376. The molecule has 1 unspecified atom stereocenters. The molecule has 0 aliphatic rings. The van der Waals surface area contributed by atoms with Gasteiger partial charge in [-0.05, 0) is 0 Å². The van der Waals surface area contributed by atoms with Crippen molar-refractivity contribution in [2.45, 2.75) is 12.8 Å². The number of ether oxygens (including phenoxy) is 2. The van der Waals surface area contributed by atoms with Gasteiger partial charge in [0.25, 0.3) is 0 Å². The standard InChI is InChI=1S/C11H14ClFO3/c1-6(5-14)9-10(13)7(12)4-8(15-2)11(9)16-3/h4,6,14H,5H2,1-3H3. The summed E-state index contributed by atoms with van der Waals surface area (Å²) in [5.41, 5.74) is 0.231. The molecule has 0 bridgehead atoms. The third-order valence-electron chi connectivity index (χ3n) is 2.36. The van der Waals surface area contributed by atoms with Gasteiger partial charge in [0.1, 0.15) is 5.82 Å². The third kappa shape index (κ3) is 2.23. The van der Waals surface area contributed by atoms with E-state index in [0.29, 0.717) is 5.75 Å². The van der Waals surface area contributed by atoms with Crippen LogP contribution < -0.4 is 9.47 Å². The van der Waals surface area contributed by atoms with Gasteiger partial charge in [-0.3, -0.25) is 0 Å². The first-order valence-corrected chi connectivity index (χ1v) is 5.15. The van der Waals surface area contributed by atoms with Gasteiger partial charge in [-0.1, -0.05) is 18.5 Å². The number of benzene rings is 1. The van der Waals surface area contributed by atoms with Crippen molar-refractivity contribution in [2.24, 2.45) is 0 Å². The van der Waals surface area contributed by atoms with Crippen LogP contribution >= 0.6 is 11.6 Å². The summed E-state index contributed by atoms with van der Waals surface area (Å²) in [5, 5.41) is 9.03. The summed E-state index contributed by atoms with van der Waals surface area (Å²) < 4.78 is 24.0. The SMILES string of the molecule is COc1cc(Cl)c(F)c(C(C)CO)c1OC. The van der Waals surface area contributed by atoms with E-state index < -0.39 is 11.7 Å². The van der Waals surface area contributed by atoms with Gasteiger partial charge in [-0.15, -0.1) is 0 Å². The molecule has 0 aliphatic heterocycles. The fraction of sp³-hybridized carbons (Fsp3) is 0.455. The van der Waals surface area contributed by atoms with Crippen molar-refractivity contribution in [3.8, 4) is 11.5 Å². The van der Waals surface area contributed by atoms with Crippen LogP contribution in [0.15, 0.2) is 6.07 Å². The molecule has 5 heteroatoms. The fourth-order valence-corrected chi connectivity index (χ4v) is 1.70. The molecule has 0 heterocycles. The molecule has 0 fully saturated rings. The topological polar surface area (TPSA) is 38.7 Å². The van der Waals surface area contributed by atoms with Crippen molar-refractivity contribution in [2.75, 3.05) is 20.8 Å². The second-order valence-corrected chi connectivity index (χ2v) is 3.81. The molecule has 3 nitrogen and oxygen atoms in total. The number of halogens is 2. The first kappa shape index (κ1) is 13.1. The molecule has 1 aromatic rings. The summed E-state index contributed by atoms with van der Waals surface area (Å²) in [7, 11) is 2.86. The lowest BCUT2D eigenvalue weighted by Gasteiger charge is -2.18. The summed E-state index contributed by atoms with van der Waals surface area (Å²) >= 11 is 5.74. The summed E-state index contributed by atoms with van der Waals surface area (Å²) in [6, 6.07) is 1.35. The van der Waals surface area contributed by atoms with Crippen LogP contribution in [0.3, 0.4) is 0 Å². The molecular weight excluding hydrogens is 235 g/mol. The Bertz CT molecular complexity index is 382. The van der Waals surface area contributed by atoms with Crippen molar-refractivity contribution < 1.29 is 19.0 Å². The van der Waals surface area contributed by atoms with Crippen LogP contribution in [0, 0.1) is 5.82 Å². The molecule has 0 saturated carbocycles. The van der Waals surface area contributed by atoms with Crippen molar-refractivity contribution in [3.05, 3.63) is 22.5 Å². The van der Waals surface area contributed by atoms with Crippen LogP contribution in [0.25, 0.3) is 0 Å². The molecule has 0 saturated heterocycles. The lowest BCUT2D eigenvalue weighted by Crippen LogP contribution is -2.07. The molecule has 0 spiro atoms. The normalized spacial score (nSPS) is 12.4. The zero-order valence-corrected chi connectivity index (χ0v) is 10.1. The third-order valence-corrected chi connectivity index (χ3v) is 2.64. The van der Waals surface area contributed by atoms with Crippen LogP contribution in [-0.4, -0.2) is 25.9 Å². The highest BCUT2D eigenvalue weighted by atomic mass is 35.5. The molecule has 90 valence electrons. The smallest absolute Gasteiger partial charge is 0.167 e. The Balaban J connectivity index is 3.46. The second-order valence-electron chi connectivity index (χ2n) is 3.41. The highest BCUT2D eigenvalue weighted by Gasteiger charge is 2.22. The maximum absolute atomic E-state index is 13.8. The van der Waals surface area contributed by atoms with Crippen molar-refractivity contribution in [1.82, 2.24) is 0 Å². The van der Waals surface area contributed by atoms with E-state index in [1.165, 1.54) is 20.3 Å². The van der Waals surface area contributed by atoms with Gasteiger partial charge in [-0.25, -0.2) is 4.39 Å². The summed E-state index contributed by atoms with van der Waals surface area (Å²) in [6.07, 6.45) is 0. The Hall–Kier alpha value is -1.00. The predicted octanol–water partition coefficient (Wildman–Crippen LogP) is 2.59. The first-order chi connectivity index (χ1) is 7.56. The van der Waals surface area contributed by atoms with Crippen molar-refractivity contribution in [1.29, 1.82) is 0 Å². The minimum absolute atomic E-state index is 0.0482. The summed E-state index contributed by atoms with van der Waals surface area (Å²) in [6.45, 7) is 1.48. The van der Waals surface area contributed by atoms with E-state index >= 15 is 0 Å². The molecular formula is C11H14ClFO3. The molecule has 1 atom stereocenters. The second kappa shape index (κ2) is 5.37. The van der Waals surface area contributed by atoms with E-state index in [1.54, 1.807) is 6.92 Å².